The summed E-state index contributed by atoms with van der Waals surface area (Å²) in [6.45, 7) is 1.08. The van der Waals surface area contributed by atoms with Gasteiger partial charge in [-0.25, -0.2) is 4.98 Å². The molecule has 3 nitrogen and oxygen atoms in total. The van der Waals surface area contributed by atoms with Crippen LogP contribution in [-0.2, 0) is 0 Å². The monoisotopic (exact) mass is 266 g/mol. The molecule has 3 heterocycles. The van der Waals surface area contributed by atoms with Crippen molar-refractivity contribution in [2.45, 2.75) is 18.9 Å². The first kappa shape index (κ1) is 9.36. The fraction of sp³-hybridized carbons (Fsp3) is 0.364. The number of hydrogen-bond acceptors (Lipinski definition) is 3. The highest BCUT2D eigenvalue weighted by molar-refractivity contribution is 9.10. The molecule has 0 radical (unpaired) electrons. The number of pyridine rings is 1. The van der Waals surface area contributed by atoms with Crippen LogP contribution < -0.4 is 5.32 Å². The van der Waals surface area contributed by atoms with Crippen LogP contribution in [0.1, 0.15) is 24.6 Å². The fourth-order valence-electron chi connectivity index (χ4n) is 2.02. The molecule has 2 aromatic rings. The lowest BCUT2D eigenvalue weighted by molar-refractivity contribution is 0.471. The van der Waals surface area contributed by atoms with E-state index < -0.39 is 0 Å². The van der Waals surface area contributed by atoms with E-state index in [1.165, 1.54) is 6.42 Å². The van der Waals surface area contributed by atoms with Crippen molar-refractivity contribution in [1.82, 2.24) is 10.3 Å². The zero-order chi connectivity index (χ0) is 10.3. The summed E-state index contributed by atoms with van der Waals surface area (Å²) in [5.74, 6) is 1.01. The topological polar surface area (TPSA) is 38.1 Å². The molecule has 3 rings (SSSR count). The van der Waals surface area contributed by atoms with Crippen LogP contribution in [-0.4, -0.2) is 11.5 Å². The van der Waals surface area contributed by atoms with Gasteiger partial charge in [0, 0.05) is 6.07 Å². The molecule has 0 amide bonds. The van der Waals surface area contributed by atoms with Crippen molar-refractivity contribution in [3.8, 4) is 0 Å². The molecule has 1 fully saturated rings. The summed E-state index contributed by atoms with van der Waals surface area (Å²) in [5.41, 5.74) is 1.79. The summed E-state index contributed by atoms with van der Waals surface area (Å²) in [6.07, 6.45) is 2.37. The lowest BCUT2D eigenvalue weighted by atomic mass is 10.2. The Morgan fingerprint density at radius 1 is 1.47 bits per heavy atom. The van der Waals surface area contributed by atoms with Crippen LogP contribution in [0.2, 0.25) is 0 Å². The van der Waals surface area contributed by atoms with E-state index in [9.17, 15) is 0 Å². The molecule has 0 aliphatic carbocycles. The first-order valence-electron chi connectivity index (χ1n) is 5.12. The van der Waals surface area contributed by atoms with Crippen LogP contribution in [0.5, 0.6) is 0 Å². The van der Waals surface area contributed by atoms with Crippen molar-refractivity contribution < 1.29 is 4.42 Å². The predicted octanol–water partition coefficient (Wildman–Crippen LogP) is 3.01. The van der Waals surface area contributed by atoms with Crippen molar-refractivity contribution in [2.24, 2.45) is 0 Å². The molecule has 0 spiro atoms. The van der Waals surface area contributed by atoms with E-state index in [-0.39, 0.29) is 0 Å². The highest BCUT2D eigenvalue weighted by atomic mass is 79.9. The van der Waals surface area contributed by atoms with Gasteiger partial charge < -0.3 is 9.73 Å². The minimum atomic E-state index is 0.373. The third-order valence-corrected chi connectivity index (χ3v) is 3.20. The number of nitrogens with one attached hydrogen (secondary N) is 1. The van der Waals surface area contributed by atoms with Gasteiger partial charge in [0.05, 0.1) is 6.04 Å². The first-order valence-corrected chi connectivity index (χ1v) is 5.91. The van der Waals surface area contributed by atoms with Crippen LogP contribution in [0.25, 0.3) is 11.1 Å². The average molecular weight is 267 g/mol. The number of hydrogen-bond donors (Lipinski definition) is 1. The van der Waals surface area contributed by atoms with E-state index >= 15 is 0 Å². The van der Waals surface area contributed by atoms with Crippen LogP contribution in [0.4, 0.5) is 0 Å². The molecule has 2 aromatic heterocycles. The molecule has 1 aliphatic heterocycles. The molecule has 1 aliphatic rings. The Kier molecular flexibility index (Phi) is 2.25. The highest BCUT2D eigenvalue weighted by Gasteiger charge is 2.20. The minimum absolute atomic E-state index is 0.373. The van der Waals surface area contributed by atoms with Gasteiger partial charge in [0.15, 0.2) is 5.58 Å². The van der Waals surface area contributed by atoms with E-state index in [1.54, 1.807) is 0 Å². The van der Waals surface area contributed by atoms with Crippen LogP contribution in [0.15, 0.2) is 27.2 Å². The Morgan fingerprint density at radius 2 is 2.40 bits per heavy atom. The SMILES string of the molecule is Brc1ccc2oc([C@@H]3CCCN3)cc2n1. The maximum absolute atomic E-state index is 5.76. The van der Waals surface area contributed by atoms with Gasteiger partial charge in [-0.1, -0.05) is 0 Å². The van der Waals surface area contributed by atoms with Crippen LogP contribution in [0.3, 0.4) is 0 Å². The zero-order valence-corrected chi connectivity index (χ0v) is 9.75. The second kappa shape index (κ2) is 3.61. The molecule has 78 valence electrons. The number of rotatable bonds is 1. The number of nitrogens with zero attached hydrogens (tertiary/aromatic N) is 1. The Morgan fingerprint density at radius 3 is 3.20 bits per heavy atom. The van der Waals surface area contributed by atoms with Gasteiger partial charge >= 0.3 is 0 Å². The van der Waals surface area contributed by atoms with E-state index in [0.29, 0.717) is 6.04 Å². The van der Waals surface area contributed by atoms with E-state index in [2.05, 4.69) is 26.2 Å². The standard InChI is InChI=1S/C11H11BrN2O/c12-11-4-3-9-8(14-11)6-10(15-9)7-2-1-5-13-7/h3-4,6-7,13H,1-2,5H2/t7-/m0/s1. The number of aromatic nitrogens is 1. The molecule has 4 heteroatoms. The van der Waals surface area contributed by atoms with Gasteiger partial charge in [0.1, 0.15) is 15.9 Å². The third-order valence-electron chi connectivity index (χ3n) is 2.76. The smallest absolute Gasteiger partial charge is 0.152 e. The molecule has 0 bridgehead atoms. The number of furan rings is 1. The highest BCUT2D eigenvalue weighted by Crippen LogP contribution is 2.28. The quantitative estimate of drug-likeness (QED) is 0.807. The van der Waals surface area contributed by atoms with Gasteiger partial charge in [0.25, 0.3) is 0 Å². The molecule has 1 saturated heterocycles. The van der Waals surface area contributed by atoms with Gasteiger partial charge in [-0.05, 0) is 47.4 Å². The average Bonchev–Trinajstić information content (AvgIpc) is 2.84. The molecule has 1 atom stereocenters. The molecule has 15 heavy (non-hydrogen) atoms. The number of fused-ring (bicyclic) bond motifs is 1. The largest absolute Gasteiger partial charge is 0.458 e. The van der Waals surface area contributed by atoms with Gasteiger partial charge in [0.2, 0.25) is 0 Å². The molecule has 0 aromatic carbocycles. The zero-order valence-electron chi connectivity index (χ0n) is 8.16. The second-order valence-corrected chi connectivity index (χ2v) is 4.63. The second-order valence-electron chi connectivity index (χ2n) is 3.82. The summed E-state index contributed by atoms with van der Waals surface area (Å²) < 4.78 is 6.61. The lowest BCUT2D eigenvalue weighted by Crippen LogP contribution is -2.11. The maximum Gasteiger partial charge on any atom is 0.152 e. The van der Waals surface area contributed by atoms with Crippen molar-refractivity contribution in [3.63, 3.8) is 0 Å². The summed E-state index contributed by atoms with van der Waals surface area (Å²) >= 11 is 3.36. The predicted molar refractivity (Wildman–Crippen MR) is 61.7 cm³/mol. The van der Waals surface area contributed by atoms with Crippen molar-refractivity contribution in [1.29, 1.82) is 0 Å². The van der Waals surface area contributed by atoms with E-state index in [4.69, 9.17) is 4.42 Å². The fourth-order valence-corrected chi connectivity index (χ4v) is 2.34. The Bertz CT molecular complexity index is 488. The number of halogens is 1. The minimum Gasteiger partial charge on any atom is -0.458 e. The Balaban J connectivity index is 2.05. The lowest BCUT2D eigenvalue weighted by Gasteiger charge is -2.04. The molecule has 0 saturated carbocycles. The van der Waals surface area contributed by atoms with Crippen molar-refractivity contribution in [3.05, 3.63) is 28.6 Å². The molecular formula is C11H11BrN2O. The summed E-state index contributed by atoms with van der Waals surface area (Å²) in [6, 6.07) is 6.25. The Hall–Kier alpha value is -0.870. The van der Waals surface area contributed by atoms with Crippen LogP contribution >= 0.6 is 15.9 Å². The van der Waals surface area contributed by atoms with Crippen LogP contribution in [0, 0.1) is 0 Å². The van der Waals surface area contributed by atoms with E-state index in [1.807, 2.05) is 18.2 Å². The summed E-state index contributed by atoms with van der Waals surface area (Å²) in [7, 11) is 0. The maximum atomic E-state index is 5.76. The Labute approximate surface area is 96.0 Å². The van der Waals surface area contributed by atoms with Gasteiger partial charge in [-0.3, -0.25) is 0 Å². The van der Waals surface area contributed by atoms with E-state index in [0.717, 1.165) is 34.4 Å². The van der Waals surface area contributed by atoms with Gasteiger partial charge in [-0.2, -0.15) is 0 Å². The summed E-state index contributed by atoms with van der Waals surface area (Å²) in [4.78, 5) is 4.36. The molecular weight excluding hydrogens is 256 g/mol. The van der Waals surface area contributed by atoms with Crippen molar-refractivity contribution >= 4 is 27.0 Å². The third kappa shape index (κ3) is 1.68. The molecule has 1 N–H and O–H groups in total. The molecule has 0 unspecified atom stereocenters. The normalized spacial score (nSPS) is 21.3. The van der Waals surface area contributed by atoms with Gasteiger partial charge in [-0.15, -0.1) is 0 Å². The van der Waals surface area contributed by atoms with Crippen molar-refractivity contribution in [2.75, 3.05) is 6.54 Å². The first-order chi connectivity index (χ1) is 7.33. The summed E-state index contributed by atoms with van der Waals surface area (Å²) in [5, 5.41) is 3.42.